The van der Waals surface area contributed by atoms with Crippen LogP contribution >= 0.6 is 11.6 Å². The lowest BCUT2D eigenvalue weighted by Gasteiger charge is -2.30. The van der Waals surface area contributed by atoms with Gasteiger partial charge in [-0.1, -0.05) is 29.8 Å². The van der Waals surface area contributed by atoms with Gasteiger partial charge in [-0.05, 0) is 48.7 Å². The number of hydrogen-bond donors (Lipinski definition) is 1. The predicted molar refractivity (Wildman–Crippen MR) is 95.3 cm³/mol. The van der Waals surface area contributed by atoms with E-state index in [0.29, 0.717) is 29.5 Å². The van der Waals surface area contributed by atoms with Crippen LogP contribution in [-0.2, 0) is 6.61 Å². The number of nitrogens with two attached hydrogens (primary N) is 1. The summed E-state index contributed by atoms with van der Waals surface area (Å²) in [5, 5.41) is 0.682. The summed E-state index contributed by atoms with van der Waals surface area (Å²) in [5.74, 6) is 0.681. The zero-order valence-corrected chi connectivity index (χ0v) is 14.2. The number of ether oxygens (including phenoxy) is 1. The first-order valence-corrected chi connectivity index (χ1v) is 8.52. The minimum Gasteiger partial charge on any atom is -0.489 e. The van der Waals surface area contributed by atoms with Crippen molar-refractivity contribution in [2.45, 2.75) is 25.5 Å². The number of piperidine rings is 1. The molecule has 1 heterocycles. The fourth-order valence-electron chi connectivity index (χ4n) is 2.89. The zero-order valence-electron chi connectivity index (χ0n) is 13.5. The summed E-state index contributed by atoms with van der Waals surface area (Å²) < 4.78 is 5.79. The van der Waals surface area contributed by atoms with Gasteiger partial charge >= 0.3 is 0 Å². The van der Waals surface area contributed by atoms with E-state index in [1.165, 1.54) is 0 Å². The second-order valence-corrected chi connectivity index (χ2v) is 6.54. The normalized spacial score (nSPS) is 17.6. The lowest BCUT2D eigenvalue weighted by atomic mass is 10.1. The van der Waals surface area contributed by atoms with E-state index >= 15 is 0 Å². The number of hydrogen-bond acceptors (Lipinski definition) is 3. The fourth-order valence-corrected chi connectivity index (χ4v) is 3.10. The molecule has 0 spiro atoms. The van der Waals surface area contributed by atoms with E-state index in [9.17, 15) is 4.79 Å². The number of amides is 1. The lowest BCUT2D eigenvalue weighted by molar-refractivity contribution is 0.0708. The third kappa shape index (κ3) is 4.28. The van der Waals surface area contributed by atoms with E-state index in [0.717, 1.165) is 24.9 Å². The van der Waals surface area contributed by atoms with Crippen molar-refractivity contribution >= 4 is 17.5 Å². The van der Waals surface area contributed by atoms with E-state index in [2.05, 4.69) is 0 Å². The SMILES string of the molecule is NC1CCCN(C(=O)c2cccc(OCc3cccc(Cl)c3)c2)C1. The Morgan fingerprint density at radius 1 is 1.25 bits per heavy atom. The first-order valence-electron chi connectivity index (χ1n) is 8.14. The Kier molecular flexibility index (Phi) is 5.38. The molecule has 1 aliphatic heterocycles. The molecule has 24 heavy (non-hydrogen) atoms. The molecule has 1 fully saturated rings. The minimum atomic E-state index is 0.0124. The summed E-state index contributed by atoms with van der Waals surface area (Å²) >= 11 is 5.98. The highest BCUT2D eigenvalue weighted by Crippen LogP contribution is 2.19. The van der Waals surface area contributed by atoms with Crippen molar-refractivity contribution in [2.75, 3.05) is 13.1 Å². The molecular formula is C19H21ClN2O2. The molecule has 1 atom stereocenters. The largest absolute Gasteiger partial charge is 0.489 e. The minimum absolute atomic E-state index is 0.0124. The molecule has 1 saturated heterocycles. The number of halogens is 1. The predicted octanol–water partition coefficient (Wildman–Crippen LogP) is 3.48. The standard InChI is InChI=1S/C19H21ClN2O2/c20-16-6-1-4-14(10-16)13-24-18-8-2-5-15(11-18)19(23)22-9-3-7-17(21)12-22/h1-2,4-6,8,10-11,17H,3,7,9,12-13,21H2. The third-order valence-corrected chi connectivity index (χ3v) is 4.36. The lowest BCUT2D eigenvalue weighted by Crippen LogP contribution is -2.45. The van der Waals surface area contributed by atoms with Crippen molar-refractivity contribution in [1.82, 2.24) is 4.90 Å². The van der Waals surface area contributed by atoms with Gasteiger partial charge in [0.25, 0.3) is 5.91 Å². The third-order valence-electron chi connectivity index (χ3n) is 4.12. The van der Waals surface area contributed by atoms with Crippen LogP contribution < -0.4 is 10.5 Å². The van der Waals surface area contributed by atoms with Crippen LogP contribution in [0, 0.1) is 0 Å². The van der Waals surface area contributed by atoms with Crippen LogP contribution in [0.3, 0.4) is 0 Å². The van der Waals surface area contributed by atoms with Crippen molar-refractivity contribution in [3.05, 3.63) is 64.7 Å². The molecule has 0 saturated carbocycles. The van der Waals surface area contributed by atoms with Gasteiger partial charge in [0.15, 0.2) is 0 Å². The number of carbonyl (C=O) groups excluding carboxylic acids is 1. The molecule has 2 aromatic rings. The first-order chi connectivity index (χ1) is 11.6. The van der Waals surface area contributed by atoms with Gasteiger partial charge in [0.1, 0.15) is 12.4 Å². The second kappa shape index (κ2) is 7.69. The number of nitrogens with zero attached hydrogens (tertiary/aromatic N) is 1. The Morgan fingerprint density at radius 3 is 2.88 bits per heavy atom. The summed E-state index contributed by atoms with van der Waals surface area (Å²) in [5.41, 5.74) is 7.59. The summed E-state index contributed by atoms with van der Waals surface area (Å²) in [4.78, 5) is 14.4. The molecule has 1 unspecified atom stereocenters. The van der Waals surface area contributed by atoms with E-state index in [1.807, 2.05) is 47.4 Å². The highest BCUT2D eigenvalue weighted by Gasteiger charge is 2.22. The van der Waals surface area contributed by atoms with Crippen molar-refractivity contribution in [3.63, 3.8) is 0 Å². The van der Waals surface area contributed by atoms with Crippen molar-refractivity contribution in [3.8, 4) is 5.75 Å². The molecule has 2 aromatic carbocycles. The maximum atomic E-state index is 12.6. The summed E-state index contributed by atoms with van der Waals surface area (Å²) in [6.07, 6.45) is 1.93. The molecule has 1 aliphatic rings. The highest BCUT2D eigenvalue weighted by atomic mass is 35.5. The quantitative estimate of drug-likeness (QED) is 0.923. The van der Waals surface area contributed by atoms with Crippen molar-refractivity contribution in [2.24, 2.45) is 5.73 Å². The van der Waals surface area contributed by atoms with Gasteiger partial charge in [-0.2, -0.15) is 0 Å². The molecule has 5 heteroatoms. The van der Waals surface area contributed by atoms with E-state index < -0.39 is 0 Å². The average molecular weight is 345 g/mol. The molecule has 1 amide bonds. The molecule has 2 N–H and O–H groups in total. The van der Waals surface area contributed by atoms with Gasteiger partial charge in [-0.25, -0.2) is 0 Å². The number of rotatable bonds is 4. The molecule has 0 aliphatic carbocycles. The van der Waals surface area contributed by atoms with E-state index in [-0.39, 0.29) is 11.9 Å². The fraction of sp³-hybridized carbons (Fsp3) is 0.316. The molecular weight excluding hydrogens is 324 g/mol. The van der Waals surface area contributed by atoms with Crippen LogP contribution in [0.25, 0.3) is 0 Å². The van der Waals surface area contributed by atoms with E-state index in [4.69, 9.17) is 22.1 Å². The Hall–Kier alpha value is -2.04. The van der Waals surface area contributed by atoms with E-state index in [1.54, 1.807) is 6.07 Å². The Bertz CT molecular complexity index is 720. The van der Waals surface area contributed by atoms with Gasteiger partial charge in [0.05, 0.1) is 0 Å². The Balaban J connectivity index is 1.66. The van der Waals surface area contributed by atoms with Crippen LogP contribution in [0.4, 0.5) is 0 Å². The van der Waals surface area contributed by atoms with Crippen LogP contribution in [-0.4, -0.2) is 29.9 Å². The van der Waals surface area contributed by atoms with Crippen LogP contribution in [0.5, 0.6) is 5.75 Å². The molecule has 0 radical (unpaired) electrons. The summed E-state index contributed by atoms with van der Waals surface area (Å²) in [6.45, 7) is 1.79. The van der Waals surface area contributed by atoms with Gasteiger partial charge in [0, 0.05) is 29.7 Å². The molecule has 3 rings (SSSR count). The van der Waals surface area contributed by atoms with Crippen molar-refractivity contribution in [1.29, 1.82) is 0 Å². The molecule has 4 nitrogen and oxygen atoms in total. The van der Waals surface area contributed by atoms with Gasteiger partial charge in [-0.15, -0.1) is 0 Å². The van der Waals surface area contributed by atoms with Gasteiger partial charge in [-0.3, -0.25) is 4.79 Å². The molecule has 0 aromatic heterocycles. The first kappa shape index (κ1) is 16.8. The average Bonchev–Trinajstić information content (AvgIpc) is 2.60. The second-order valence-electron chi connectivity index (χ2n) is 6.10. The molecule has 126 valence electrons. The maximum Gasteiger partial charge on any atom is 0.254 e. The highest BCUT2D eigenvalue weighted by molar-refractivity contribution is 6.30. The van der Waals surface area contributed by atoms with Crippen molar-refractivity contribution < 1.29 is 9.53 Å². The smallest absolute Gasteiger partial charge is 0.254 e. The zero-order chi connectivity index (χ0) is 16.9. The van der Waals surface area contributed by atoms with Crippen LogP contribution in [0.2, 0.25) is 5.02 Å². The summed E-state index contributed by atoms with van der Waals surface area (Å²) in [6, 6.07) is 14.9. The maximum absolute atomic E-state index is 12.6. The Labute approximate surface area is 147 Å². The number of likely N-dealkylation sites (tertiary alicyclic amines) is 1. The number of benzene rings is 2. The van der Waals surface area contributed by atoms with Gasteiger partial charge in [0.2, 0.25) is 0 Å². The molecule has 0 bridgehead atoms. The van der Waals surface area contributed by atoms with Crippen LogP contribution in [0.15, 0.2) is 48.5 Å². The Morgan fingerprint density at radius 2 is 2.08 bits per heavy atom. The van der Waals surface area contributed by atoms with Crippen LogP contribution in [0.1, 0.15) is 28.8 Å². The monoisotopic (exact) mass is 344 g/mol. The van der Waals surface area contributed by atoms with Gasteiger partial charge < -0.3 is 15.4 Å². The topological polar surface area (TPSA) is 55.6 Å². The number of carbonyl (C=O) groups is 1. The summed E-state index contributed by atoms with van der Waals surface area (Å²) in [7, 11) is 0.